The quantitative estimate of drug-likeness (QED) is 0.495. The van der Waals surface area contributed by atoms with Crippen LogP contribution in [0.4, 0.5) is 0 Å². The number of benzene rings is 3. The van der Waals surface area contributed by atoms with Crippen molar-refractivity contribution in [2.24, 2.45) is 0 Å². The predicted octanol–water partition coefficient (Wildman–Crippen LogP) is 5.37. The Hall–Kier alpha value is -2.84. The molecule has 2 aliphatic rings. The van der Waals surface area contributed by atoms with Crippen LogP contribution in [0.3, 0.4) is 0 Å². The molecule has 0 fully saturated rings. The fourth-order valence-corrected chi connectivity index (χ4v) is 5.09. The van der Waals surface area contributed by atoms with Gasteiger partial charge in [-0.05, 0) is 33.9 Å². The molecular formula is C24H20N2. The maximum absolute atomic E-state index is 3.50. The van der Waals surface area contributed by atoms with Crippen molar-refractivity contribution in [3.8, 4) is 0 Å². The van der Waals surface area contributed by atoms with E-state index in [-0.39, 0.29) is 0 Å². The highest BCUT2D eigenvalue weighted by molar-refractivity contribution is 5.84. The molecule has 2 bridgehead atoms. The van der Waals surface area contributed by atoms with Crippen molar-refractivity contribution in [3.63, 3.8) is 0 Å². The second kappa shape index (κ2) is 5.33. The van der Waals surface area contributed by atoms with E-state index in [9.17, 15) is 0 Å². The summed E-state index contributed by atoms with van der Waals surface area (Å²) in [5.41, 5.74) is 8.59. The lowest BCUT2D eigenvalue weighted by molar-refractivity contribution is 0.132. The Morgan fingerprint density at radius 1 is 0.692 bits per heavy atom. The van der Waals surface area contributed by atoms with Gasteiger partial charge in [0.1, 0.15) is 0 Å². The number of hydrogen-bond donors (Lipinski definition) is 1. The molecule has 3 aromatic carbocycles. The normalized spacial score (nSPS) is 23.5. The highest BCUT2D eigenvalue weighted by atomic mass is 15.2. The number of rotatable bonds is 1. The largest absolute Gasteiger partial charge is 0.361 e. The van der Waals surface area contributed by atoms with E-state index in [0.717, 1.165) is 13.1 Å². The van der Waals surface area contributed by atoms with Gasteiger partial charge in [-0.2, -0.15) is 0 Å². The topological polar surface area (TPSA) is 19.0 Å². The van der Waals surface area contributed by atoms with Crippen molar-refractivity contribution in [2.75, 3.05) is 0 Å². The first-order valence-corrected chi connectivity index (χ1v) is 9.36. The van der Waals surface area contributed by atoms with Gasteiger partial charge in [0.25, 0.3) is 0 Å². The molecule has 2 nitrogen and oxygen atoms in total. The Kier molecular flexibility index (Phi) is 2.94. The van der Waals surface area contributed by atoms with Crippen LogP contribution >= 0.6 is 0 Å². The van der Waals surface area contributed by atoms with E-state index < -0.39 is 0 Å². The van der Waals surface area contributed by atoms with Gasteiger partial charge in [0, 0.05) is 42.1 Å². The molecule has 6 rings (SSSR count). The molecule has 0 spiro atoms. The molecule has 0 radical (unpaired) electrons. The number of H-pyrrole nitrogens is 1. The average molecular weight is 336 g/mol. The minimum absolute atomic E-state index is 0.385. The highest BCUT2D eigenvalue weighted by Gasteiger charge is 2.42. The van der Waals surface area contributed by atoms with E-state index in [4.69, 9.17) is 0 Å². The van der Waals surface area contributed by atoms with E-state index in [1.165, 1.54) is 38.7 Å². The first-order valence-electron chi connectivity index (χ1n) is 9.36. The van der Waals surface area contributed by atoms with Gasteiger partial charge in [-0.25, -0.2) is 0 Å². The SMILES string of the molecule is c1ccc2c(c1)CN1Cc3ccccc3C2[C@@H]1c1c[nH]c2ccccc12. The number of aromatic nitrogens is 1. The van der Waals surface area contributed by atoms with Crippen LogP contribution in [-0.4, -0.2) is 9.88 Å². The van der Waals surface area contributed by atoms with Crippen molar-refractivity contribution < 1.29 is 0 Å². The van der Waals surface area contributed by atoms with Crippen molar-refractivity contribution >= 4 is 10.9 Å². The summed E-state index contributed by atoms with van der Waals surface area (Å²) in [6.45, 7) is 2.04. The Morgan fingerprint density at radius 2 is 1.31 bits per heavy atom. The average Bonchev–Trinajstić information content (AvgIpc) is 3.11. The minimum Gasteiger partial charge on any atom is -0.361 e. The molecule has 2 heteroatoms. The van der Waals surface area contributed by atoms with Gasteiger partial charge in [0.2, 0.25) is 0 Å². The smallest absolute Gasteiger partial charge is 0.0485 e. The summed E-state index contributed by atoms with van der Waals surface area (Å²) in [6.07, 6.45) is 2.23. The molecular weight excluding hydrogens is 316 g/mol. The van der Waals surface area contributed by atoms with Crippen molar-refractivity contribution in [1.82, 2.24) is 9.88 Å². The summed E-state index contributed by atoms with van der Waals surface area (Å²) >= 11 is 0. The van der Waals surface area contributed by atoms with Crippen LogP contribution < -0.4 is 0 Å². The second-order valence-electron chi connectivity index (χ2n) is 7.51. The zero-order valence-electron chi connectivity index (χ0n) is 14.5. The van der Waals surface area contributed by atoms with Crippen molar-refractivity contribution in [3.05, 3.63) is 107 Å². The summed E-state index contributed by atoms with van der Waals surface area (Å²) in [4.78, 5) is 6.15. The van der Waals surface area contributed by atoms with Gasteiger partial charge in [0.05, 0.1) is 0 Å². The van der Waals surface area contributed by atoms with Gasteiger partial charge in [0.15, 0.2) is 0 Å². The number of aromatic amines is 1. The maximum Gasteiger partial charge on any atom is 0.0485 e. The molecule has 1 N–H and O–H groups in total. The third-order valence-electron chi connectivity index (χ3n) is 6.18. The molecule has 0 amide bonds. The van der Waals surface area contributed by atoms with Crippen LogP contribution in [0.5, 0.6) is 0 Å². The summed E-state index contributed by atoms with van der Waals surface area (Å²) in [5.74, 6) is 0.393. The fraction of sp³-hybridized carbons (Fsp3) is 0.167. The van der Waals surface area contributed by atoms with E-state index in [1.54, 1.807) is 0 Å². The summed E-state index contributed by atoms with van der Waals surface area (Å²) in [7, 11) is 0. The summed E-state index contributed by atoms with van der Waals surface area (Å²) < 4.78 is 0. The van der Waals surface area contributed by atoms with Crippen LogP contribution in [0.25, 0.3) is 10.9 Å². The monoisotopic (exact) mass is 336 g/mol. The molecule has 1 aromatic heterocycles. The first kappa shape index (κ1) is 14.3. The van der Waals surface area contributed by atoms with Crippen LogP contribution in [0, 0.1) is 0 Å². The molecule has 2 aliphatic heterocycles. The Morgan fingerprint density at radius 3 is 2.04 bits per heavy atom. The lowest BCUT2D eigenvalue weighted by Crippen LogP contribution is -2.41. The van der Waals surface area contributed by atoms with Gasteiger partial charge in [-0.15, -0.1) is 0 Å². The van der Waals surface area contributed by atoms with Crippen molar-refractivity contribution in [1.29, 1.82) is 0 Å². The zero-order chi connectivity index (χ0) is 17.1. The molecule has 4 aromatic rings. The first-order chi connectivity index (χ1) is 12.9. The Labute approximate surface area is 153 Å². The highest BCUT2D eigenvalue weighted by Crippen LogP contribution is 2.51. The van der Waals surface area contributed by atoms with Gasteiger partial charge >= 0.3 is 0 Å². The second-order valence-corrected chi connectivity index (χ2v) is 7.51. The van der Waals surface area contributed by atoms with Crippen LogP contribution in [0.1, 0.15) is 39.8 Å². The maximum atomic E-state index is 3.50. The number of para-hydroxylation sites is 1. The molecule has 0 saturated heterocycles. The molecule has 1 atom stereocenters. The fourth-order valence-electron chi connectivity index (χ4n) is 5.09. The Bertz CT molecular complexity index is 1070. The van der Waals surface area contributed by atoms with E-state index >= 15 is 0 Å². The van der Waals surface area contributed by atoms with Gasteiger partial charge < -0.3 is 4.98 Å². The molecule has 126 valence electrons. The molecule has 0 saturated carbocycles. The van der Waals surface area contributed by atoms with Crippen molar-refractivity contribution in [2.45, 2.75) is 25.0 Å². The number of fused-ring (bicyclic) bond motifs is 7. The molecule has 0 aliphatic carbocycles. The van der Waals surface area contributed by atoms with Crippen LogP contribution in [-0.2, 0) is 13.1 Å². The van der Waals surface area contributed by atoms with E-state index in [0.29, 0.717) is 12.0 Å². The number of hydrogen-bond acceptors (Lipinski definition) is 1. The number of nitrogens with zero attached hydrogens (tertiary/aromatic N) is 1. The molecule has 0 unspecified atom stereocenters. The van der Waals surface area contributed by atoms with Gasteiger partial charge in [-0.1, -0.05) is 66.7 Å². The summed E-state index contributed by atoms with van der Waals surface area (Å²) in [6, 6.07) is 27.1. The molecule has 3 heterocycles. The van der Waals surface area contributed by atoms with E-state index in [1.807, 2.05) is 0 Å². The Balaban J connectivity index is 1.63. The van der Waals surface area contributed by atoms with Crippen LogP contribution in [0.2, 0.25) is 0 Å². The summed E-state index contributed by atoms with van der Waals surface area (Å²) in [5, 5.41) is 1.35. The third-order valence-corrected chi connectivity index (χ3v) is 6.18. The minimum atomic E-state index is 0.385. The standard InChI is InChI=1S/C24H20N2/c1-3-9-18-16(7-1)14-26-15-17-8-2-4-10-19(17)23(18)24(26)21-13-25-22-12-6-5-11-20(21)22/h1-13,23-25H,14-15H2/t24-/m0/s1. The lowest BCUT2D eigenvalue weighted by atomic mass is 9.72. The predicted molar refractivity (Wildman–Crippen MR) is 105 cm³/mol. The molecule has 26 heavy (non-hydrogen) atoms. The lowest BCUT2D eigenvalue weighted by Gasteiger charge is -2.47. The third kappa shape index (κ3) is 1.91. The van der Waals surface area contributed by atoms with Gasteiger partial charge in [-0.3, -0.25) is 4.90 Å². The van der Waals surface area contributed by atoms with Crippen LogP contribution in [0.15, 0.2) is 79.0 Å². The zero-order valence-corrected chi connectivity index (χ0v) is 14.5. The number of nitrogens with one attached hydrogen (secondary N) is 1. The van der Waals surface area contributed by atoms with E-state index in [2.05, 4.69) is 88.9 Å².